The largest absolute Gasteiger partial charge is 0.393 e. The van der Waals surface area contributed by atoms with Crippen molar-refractivity contribution < 1.29 is 5.11 Å². The molecule has 4 rings (SSSR count). The van der Waals surface area contributed by atoms with E-state index in [1.807, 2.05) is 0 Å². The second kappa shape index (κ2) is 8.15. The molecule has 0 bridgehead atoms. The third-order valence-electron chi connectivity index (χ3n) is 5.77. The molecule has 5 heteroatoms. The van der Waals surface area contributed by atoms with Crippen molar-refractivity contribution in [1.82, 2.24) is 8.87 Å². The molecule has 0 saturated carbocycles. The quantitative estimate of drug-likeness (QED) is 0.467. The van der Waals surface area contributed by atoms with Gasteiger partial charge in [0, 0.05) is 61.0 Å². The van der Waals surface area contributed by atoms with Crippen molar-refractivity contribution in [1.29, 1.82) is 0 Å². The summed E-state index contributed by atoms with van der Waals surface area (Å²) >= 11 is 2.35. The van der Waals surface area contributed by atoms with Gasteiger partial charge in [0.25, 0.3) is 0 Å². The molecule has 0 radical (unpaired) electrons. The second-order valence-electron chi connectivity index (χ2n) is 7.54. The summed E-state index contributed by atoms with van der Waals surface area (Å²) < 4.78 is 2.25. The minimum Gasteiger partial charge on any atom is -0.393 e. The SMILES string of the molecule is Cc1cc(C)c2c(ccn2SI)c1CN1CCC(O)CC1c1ccccc1. The minimum atomic E-state index is -0.206. The molecule has 1 aliphatic heterocycles. The van der Waals surface area contributed by atoms with E-state index in [0.29, 0.717) is 0 Å². The number of aliphatic hydroxyl groups excluding tert-OH is 1. The summed E-state index contributed by atoms with van der Waals surface area (Å²) in [5.41, 5.74) is 6.72. The molecule has 0 amide bonds. The molecular formula is C22H25IN2OS. The molecule has 2 unspecified atom stereocenters. The highest BCUT2D eigenvalue weighted by Gasteiger charge is 2.29. The molecule has 142 valence electrons. The van der Waals surface area contributed by atoms with Gasteiger partial charge in [-0.2, -0.15) is 0 Å². The molecule has 3 aromatic rings. The maximum atomic E-state index is 10.3. The van der Waals surface area contributed by atoms with Crippen LogP contribution in [0.1, 0.15) is 41.1 Å². The van der Waals surface area contributed by atoms with E-state index < -0.39 is 0 Å². The Morgan fingerprint density at radius 2 is 1.93 bits per heavy atom. The van der Waals surface area contributed by atoms with Crippen LogP contribution in [0.5, 0.6) is 0 Å². The van der Waals surface area contributed by atoms with Gasteiger partial charge in [0.2, 0.25) is 0 Å². The van der Waals surface area contributed by atoms with Gasteiger partial charge < -0.3 is 5.11 Å². The zero-order chi connectivity index (χ0) is 19.0. The van der Waals surface area contributed by atoms with Crippen LogP contribution in [0.4, 0.5) is 0 Å². The summed E-state index contributed by atoms with van der Waals surface area (Å²) in [6.07, 6.45) is 3.62. The predicted octanol–water partition coefficient (Wildman–Crippen LogP) is 5.80. The smallest absolute Gasteiger partial charge is 0.0631 e. The van der Waals surface area contributed by atoms with E-state index in [9.17, 15) is 5.11 Å². The summed E-state index contributed by atoms with van der Waals surface area (Å²) in [6, 6.07) is 15.5. The first-order valence-corrected chi connectivity index (χ1v) is 12.8. The van der Waals surface area contributed by atoms with Crippen molar-refractivity contribution in [3.05, 3.63) is 70.9 Å². The lowest BCUT2D eigenvalue weighted by atomic mass is 9.91. The second-order valence-corrected chi connectivity index (χ2v) is 9.25. The number of rotatable bonds is 4. The average molecular weight is 492 g/mol. The molecule has 2 aromatic carbocycles. The van der Waals surface area contributed by atoms with E-state index in [2.05, 4.69) is 92.6 Å². The number of aliphatic hydroxyl groups is 1. The van der Waals surface area contributed by atoms with Gasteiger partial charge in [0.1, 0.15) is 0 Å². The number of hydrogen-bond donors (Lipinski definition) is 1. The highest BCUT2D eigenvalue weighted by Crippen LogP contribution is 2.36. The molecule has 1 N–H and O–H groups in total. The Balaban J connectivity index is 1.73. The number of aromatic nitrogens is 1. The van der Waals surface area contributed by atoms with E-state index in [-0.39, 0.29) is 12.1 Å². The lowest BCUT2D eigenvalue weighted by molar-refractivity contribution is 0.0365. The molecule has 0 aliphatic carbocycles. The van der Waals surface area contributed by atoms with Crippen molar-refractivity contribution in [2.45, 2.75) is 45.4 Å². The van der Waals surface area contributed by atoms with Crippen LogP contribution in [0.3, 0.4) is 0 Å². The van der Waals surface area contributed by atoms with Crippen molar-refractivity contribution in [3.8, 4) is 0 Å². The van der Waals surface area contributed by atoms with E-state index in [1.54, 1.807) is 9.12 Å². The van der Waals surface area contributed by atoms with Crippen molar-refractivity contribution in [2.75, 3.05) is 6.54 Å². The molecule has 27 heavy (non-hydrogen) atoms. The van der Waals surface area contributed by atoms with Crippen LogP contribution in [-0.2, 0) is 6.54 Å². The van der Waals surface area contributed by atoms with Gasteiger partial charge in [0.05, 0.1) is 11.6 Å². The molecule has 1 fully saturated rings. The maximum Gasteiger partial charge on any atom is 0.0631 e. The van der Waals surface area contributed by atoms with Crippen LogP contribution >= 0.6 is 30.3 Å². The predicted molar refractivity (Wildman–Crippen MR) is 123 cm³/mol. The van der Waals surface area contributed by atoms with Gasteiger partial charge in [-0.15, -0.1) is 0 Å². The Kier molecular flexibility index (Phi) is 5.83. The van der Waals surface area contributed by atoms with Crippen LogP contribution in [0.25, 0.3) is 10.9 Å². The van der Waals surface area contributed by atoms with Crippen molar-refractivity contribution in [2.24, 2.45) is 0 Å². The van der Waals surface area contributed by atoms with Gasteiger partial charge in [-0.1, -0.05) is 36.4 Å². The van der Waals surface area contributed by atoms with Crippen molar-refractivity contribution in [3.63, 3.8) is 0 Å². The molecule has 3 nitrogen and oxygen atoms in total. The first-order chi connectivity index (χ1) is 13.1. The lowest BCUT2D eigenvalue weighted by Gasteiger charge is -2.38. The standard InChI is InChI=1S/C22H25IN2OS/c1-15-12-16(2)22-19(9-11-25(22)27-23)20(15)14-24-10-8-18(26)13-21(24)17-6-4-3-5-7-17/h3-7,9,11-12,18,21,26H,8,10,13-14H2,1-2H3. The number of fused-ring (bicyclic) bond motifs is 1. The van der Waals surface area contributed by atoms with Crippen LogP contribution in [-0.4, -0.2) is 26.6 Å². The van der Waals surface area contributed by atoms with Gasteiger partial charge in [-0.3, -0.25) is 8.87 Å². The first-order valence-electron chi connectivity index (χ1n) is 9.44. The minimum absolute atomic E-state index is 0.206. The summed E-state index contributed by atoms with van der Waals surface area (Å²) in [7, 11) is 1.72. The average Bonchev–Trinajstić information content (AvgIpc) is 3.11. The van der Waals surface area contributed by atoms with Gasteiger partial charge in [-0.05, 0) is 55.0 Å². The zero-order valence-electron chi connectivity index (χ0n) is 15.7. The fraction of sp³-hybridized carbons (Fsp3) is 0.364. The Labute approximate surface area is 177 Å². The van der Waals surface area contributed by atoms with E-state index in [0.717, 1.165) is 25.9 Å². The summed E-state index contributed by atoms with van der Waals surface area (Å²) in [4.78, 5) is 2.55. The van der Waals surface area contributed by atoms with E-state index in [4.69, 9.17) is 0 Å². The number of piperidine rings is 1. The molecule has 2 atom stereocenters. The number of hydrogen-bond acceptors (Lipinski definition) is 3. The molecule has 2 heterocycles. The Morgan fingerprint density at radius 3 is 2.67 bits per heavy atom. The number of likely N-dealkylation sites (tertiary alicyclic amines) is 1. The summed E-state index contributed by atoms with van der Waals surface area (Å²) in [5, 5.41) is 11.6. The maximum absolute atomic E-state index is 10.3. The van der Waals surface area contributed by atoms with Gasteiger partial charge in [-0.25, -0.2) is 0 Å². The van der Waals surface area contributed by atoms with Gasteiger partial charge >= 0.3 is 0 Å². The lowest BCUT2D eigenvalue weighted by Crippen LogP contribution is -2.38. The Hall–Kier alpha value is -1.02. The molecule has 1 aromatic heterocycles. The van der Waals surface area contributed by atoms with Crippen LogP contribution in [0.2, 0.25) is 0 Å². The fourth-order valence-corrected chi connectivity index (χ4v) is 5.82. The summed E-state index contributed by atoms with van der Waals surface area (Å²) in [5.74, 6) is 0. The first kappa shape index (κ1) is 19.3. The van der Waals surface area contributed by atoms with E-state index >= 15 is 0 Å². The molecule has 0 spiro atoms. The highest BCUT2D eigenvalue weighted by molar-refractivity contribution is 14.2. The number of aryl methyl sites for hydroxylation is 2. The monoisotopic (exact) mass is 492 g/mol. The Morgan fingerprint density at radius 1 is 1.15 bits per heavy atom. The van der Waals surface area contributed by atoms with Crippen molar-refractivity contribution >= 4 is 41.2 Å². The van der Waals surface area contributed by atoms with Crippen LogP contribution in [0, 0.1) is 13.8 Å². The third kappa shape index (κ3) is 3.79. The number of halogens is 1. The topological polar surface area (TPSA) is 28.4 Å². The normalized spacial score (nSPS) is 21.0. The molecule has 1 saturated heterocycles. The van der Waals surface area contributed by atoms with Crippen LogP contribution in [0.15, 0.2) is 48.7 Å². The number of nitrogens with zero attached hydrogens (tertiary/aromatic N) is 2. The third-order valence-corrected chi connectivity index (χ3v) is 7.49. The highest BCUT2D eigenvalue weighted by atomic mass is 127. The zero-order valence-corrected chi connectivity index (χ0v) is 18.7. The molecular weight excluding hydrogens is 467 g/mol. The fourth-order valence-electron chi connectivity index (χ4n) is 4.41. The Bertz CT molecular complexity index is 940. The number of benzene rings is 2. The van der Waals surface area contributed by atoms with E-state index in [1.165, 1.54) is 33.2 Å². The van der Waals surface area contributed by atoms with Crippen LogP contribution < -0.4 is 0 Å². The summed E-state index contributed by atoms with van der Waals surface area (Å²) in [6.45, 7) is 6.28. The van der Waals surface area contributed by atoms with Gasteiger partial charge in [0.15, 0.2) is 0 Å². The molecule has 1 aliphatic rings.